The second kappa shape index (κ2) is 5.24. The Morgan fingerprint density at radius 2 is 1.83 bits per heavy atom. The van der Waals surface area contributed by atoms with Gasteiger partial charge in [-0.05, 0) is 24.1 Å². The second-order valence-electron chi connectivity index (χ2n) is 4.09. The zero-order chi connectivity index (χ0) is 13.0. The van der Waals surface area contributed by atoms with Crippen molar-refractivity contribution in [3.05, 3.63) is 59.7 Å². The van der Waals surface area contributed by atoms with E-state index < -0.39 is 6.04 Å². The number of phenols is 1. The first-order valence-electron chi connectivity index (χ1n) is 5.72. The number of nitriles is 1. The van der Waals surface area contributed by atoms with Gasteiger partial charge in [-0.25, -0.2) is 0 Å². The van der Waals surface area contributed by atoms with Crippen molar-refractivity contribution in [1.82, 2.24) is 0 Å². The molecule has 2 aromatic carbocycles. The van der Waals surface area contributed by atoms with Crippen LogP contribution in [0, 0.1) is 18.3 Å². The smallest absolute Gasteiger partial charge is 0.140 e. The minimum Gasteiger partial charge on any atom is -0.506 e. The summed E-state index contributed by atoms with van der Waals surface area (Å²) in [5.74, 6) is 0.159. The predicted octanol–water partition coefficient (Wildman–Crippen LogP) is 3.38. The van der Waals surface area contributed by atoms with Gasteiger partial charge in [0.15, 0.2) is 0 Å². The Hall–Kier alpha value is -2.47. The lowest BCUT2D eigenvalue weighted by Gasteiger charge is -2.16. The normalized spacial score (nSPS) is 11.6. The topological polar surface area (TPSA) is 56.0 Å². The Labute approximate surface area is 106 Å². The van der Waals surface area contributed by atoms with Crippen LogP contribution in [-0.4, -0.2) is 5.11 Å². The van der Waals surface area contributed by atoms with Gasteiger partial charge in [-0.15, -0.1) is 0 Å². The van der Waals surface area contributed by atoms with E-state index in [2.05, 4.69) is 11.4 Å². The van der Waals surface area contributed by atoms with E-state index in [-0.39, 0.29) is 5.75 Å². The van der Waals surface area contributed by atoms with Gasteiger partial charge < -0.3 is 10.4 Å². The van der Waals surface area contributed by atoms with Crippen molar-refractivity contribution >= 4 is 5.69 Å². The van der Waals surface area contributed by atoms with Gasteiger partial charge in [0.1, 0.15) is 11.8 Å². The van der Waals surface area contributed by atoms with Crippen LogP contribution < -0.4 is 5.32 Å². The van der Waals surface area contributed by atoms with Crippen LogP contribution in [0.15, 0.2) is 48.5 Å². The Morgan fingerprint density at radius 1 is 1.11 bits per heavy atom. The zero-order valence-electron chi connectivity index (χ0n) is 10.1. The number of nitrogens with one attached hydrogen (secondary N) is 1. The molecule has 2 N–H and O–H groups in total. The van der Waals surface area contributed by atoms with Crippen molar-refractivity contribution in [2.45, 2.75) is 13.0 Å². The minimum absolute atomic E-state index is 0.159. The van der Waals surface area contributed by atoms with Gasteiger partial charge in [0, 0.05) is 0 Å². The van der Waals surface area contributed by atoms with Crippen LogP contribution in [0.4, 0.5) is 5.69 Å². The number of hydrogen-bond acceptors (Lipinski definition) is 3. The summed E-state index contributed by atoms with van der Waals surface area (Å²) in [6.45, 7) is 1.89. The van der Waals surface area contributed by atoms with E-state index in [0.717, 1.165) is 11.1 Å². The molecule has 0 bridgehead atoms. The summed E-state index contributed by atoms with van der Waals surface area (Å²) in [6.07, 6.45) is 0. The van der Waals surface area contributed by atoms with Crippen LogP contribution in [0.3, 0.4) is 0 Å². The molecule has 1 atom stereocenters. The van der Waals surface area contributed by atoms with E-state index in [0.29, 0.717) is 5.69 Å². The molecule has 3 nitrogen and oxygen atoms in total. The fourth-order valence-electron chi connectivity index (χ4n) is 1.82. The highest BCUT2D eigenvalue weighted by atomic mass is 16.3. The second-order valence-corrected chi connectivity index (χ2v) is 4.09. The summed E-state index contributed by atoms with van der Waals surface area (Å²) in [6, 6.07) is 16.5. The summed E-state index contributed by atoms with van der Waals surface area (Å²) in [7, 11) is 0. The van der Waals surface area contributed by atoms with Gasteiger partial charge >= 0.3 is 0 Å². The molecule has 0 heterocycles. The molecule has 18 heavy (non-hydrogen) atoms. The van der Waals surface area contributed by atoms with Crippen LogP contribution in [-0.2, 0) is 0 Å². The average molecular weight is 238 g/mol. The molecule has 0 fully saturated rings. The molecule has 0 aromatic heterocycles. The molecule has 0 spiro atoms. The molecule has 0 aliphatic heterocycles. The number of nitrogens with zero attached hydrogens (tertiary/aromatic N) is 1. The maximum absolute atomic E-state index is 9.81. The SMILES string of the molecule is Cc1cccc(O)c1N[C@@H](C#N)c1ccccc1. The number of benzene rings is 2. The predicted molar refractivity (Wildman–Crippen MR) is 71.3 cm³/mol. The van der Waals surface area contributed by atoms with Gasteiger partial charge in [0.05, 0.1) is 11.8 Å². The number of aromatic hydroxyl groups is 1. The maximum Gasteiger partial charge on any atom is 0.140 e. The lowest BCUT2D eigenvalue weighted by Crippen LogP contribution is -2.09. The number of anilines is 1. The van der Waals surface area contributed by atoms with Crippen molar-refractivity contribution in [2.75, 3.05) is 5.32 Å². The fraction of sp³-hybridized carbons (Fsp3) is 0.133. The molecule has 0 radical (unpaired) electrons. The van der Waals surface area contributed by atoms with E-state index >= 15 is 0 Å². The monoisotopic (exact) mass is 238 g/mol. The van der Waals surface area contributed by atoms with Gasteiger partial charge in [0.25, 0.3) is 0 Å². The molecule has 0 amide bonds. The van der Waals surface area contributed by atoms with Gasteiger partial charge in [-0.2, -0.15) is 5.26 Å². The van der Waals surface area contributed by atoms with Crippen LogP contribution in [0.1, 0.15) is 17.2 Å². The molecule has 0 saturated carbocycles. The van der Waals surface area contributed by atoms with E-state index in [1.54, 1.807) is 12.1 Å². The largest absolute Gasteiger partial charge is 0.506 e. The molecule has 0 aliphatic carbocycles. The Balaban J connectivity index is 2.30. The molecule has 3 heteroatoms. The minimum atomic E-state index is -0.474. The first-order chi connectivity index (χ1) is 8.72. The van der Waals surface area contributed by atoms with Crippen LogP contribution in [0.2, 0.25) is 0 Å². The first-order valence-corrected chi connectivity index (χ1v) is 5.72. The quantitative estimate of drug-likeness (QED) is 0.806. The summed E-state index contributed by atoms with van der Waals surface area (Å²) in [5.41, 5.74) is 2.39. The summed E-state index contributed by atoms with van der Waals surface area (Å²) in [4.78, 5) is 0. The molecular formula is C15H14N2O. The van der Waals surface area contributed by atoms with E-state index in [4.69, 9.17) is 0 Å². The molecule has 2 rings (SSSR count). The number of phenolic OH excluding ortho intramolecular Hbond substituents is 1. The molecular weight excluding hydrogens is 224 g/mol. The highest BCUT2D eigenvalue weighted by Crippen LogP contribution is 2.30. The fourth-order valence-corrected chi connectivity index (χ4v) is 1.82. The lowest BCUT2D eigenvalue weighted by atomic mass is 10.1. The van der Waals surface area contributed by atoms with Crippen molar-refractivity contribution < 1.29 is 5.11 Å². The van der Waals surface area contributed by atoms with Crippen molar-refractivity contribution in [1.29, 1.82) is 5.26 Å². The molecule has 0 saturated heterocycles. The molecule has 90 valence electrons. The number of rotatable bonds is 3. The standard InChI is InChI=1S/C15H14N2O/c1-11-6-5-9-14(18)15(11)17-13(10-16)12-7-3-2-4-8-12/h2-9,13,17-18H,1H3/t13-/m0/s1. The van der Waals surface area contributed by atoms with E-state index in [1.165, 1.54) is 0 Å². The number of aryl methyl sites for hydroxylation is 1. The average Bonchev–Trinajstić information content (AvgIpc) is 2.40. The summed E-state index contributed by atoms with van der Waals surface area (Å²) in [5, 5.41) is 22.1. The van der Waals surface area contributed by atoms with Crippen LogP contribution in [0.25, 0.3) is 0 Å². The third-order valence-corrected chi connectivity index (χ3v) is 2.80. The summed E-state index contributed by atoms with van der Waals surface area (Å²) >= 11 is 0. The Kier molecular flexibility index (Phi) is 3.49. The van der Waals surface area contributed by atoms with Crippen LogP contribution in [0.5, 0.6) is 5.75 Å². The highest BCUT2D eigenvalue weighted by molar-refractivity contribution is 5.62. The first kappa shape index (κ1) is 12.0. The number of hydrogen-bond donors (Lipinski definition) is 2. The van der Waals surface area contributed by atoms with E-state index in [1.807, 2.05) is 43.3 Å². The molecule has 0 aliphatic rings. The van der Waals surface area contributed by atoms with E-state index in [9.17, 15) is 10.4 Å². The van der Waals surface area contributed by atoms with Crippen molar-refractivity contribution in [3.8, 4) is 11.8 Å². The zero-order valence-corrected chi connectivity index (χ0v) is 10.1. The Bertz CT molecular complexity index is 553. The lowest BCUT2D eigenvalue weighted by molar-refractivity contribution is 0.476. The third kappa shape index (κ3) is 2.44. The number of para-hydroxylation sites is 1. The third-order valence-electron chi connectivity index (χ3n) is 2.80. The van der Waals surface area contributed by atoms with Gasteiger partial charge in [-0.3, -0.25) is 0 Å². The van der Waals surface area contributed by atoms with Gasteiger partial charge in [0.2, 0.25) is 0 Å². The molecule has 2 aromatic rings. The van der Waals surface area contributed by atoms with Crippen molar-refractivity contribution in [2.24, 2.45) is 0 Å². The highest BCUT2D eigenvalue weighted by Gasteiger charge is 2.13. The summed E-state index contributed by atoms with van der Waals surface area (Å²) < 4.78 is 0. The van der Waals surface area contributed by atoms with Crippen LogP contribution >= 0.6 is 0 Å². The van der Waals surface area contributed by atoms with Crippen molar-refractivity contribution in [3.63, 3.8) is 0 Å². The maximum atomic E-state index is 9.81. The van der Waals surface area contributed by atoms with Gasteiger partial charge in [-0.1, -0.05) is 42.5 Å². The molecule has 0 unspecified atom stereocenters. The Morgan fingerprint density at radius 3 is 2.44 bits per heavy atom.